The van der Waals surface area contributed by atoms with Gasteiger partial charge >= 0.3 is 5.51 Å². The zero-order valence-electron chi connectivity index (χ0n) is 12.7. The van der Waals surface area contributed by atoms with Crippen molar-refractivity contribution in [3.8, 4) is 5.75 Å². The molecule has 2 aromatic carbocycles. The van der Waals surface area contributed by atoms with Gasteiger partial charge in [0.1, 0.15) is 5.75 Å². The highest BCUT2D eigenvalue weighted by Crippen LogP contribution is 2.30. The van der Waals surface area contributed by atoms with Gasteiger partial charge in [-0.25, -0.2) is 0 Å². The molecule has 0 saturated heterocycles. The summed E-state index contributed by atoms with van der Waals surface area (Å²) in [6.45, 7) is 0.397. The first kappa shape index (κ1) is 18.2. The molecule has 0 fully saturated rings. The molecule has 2 rings (SSSR count). The number of nitrogens with one attached hydrogen (secondary N) is 1. The summed E-state index contributed by atoms with van der Waals surface area (Å²) in [5.41, 5.74) is -2.96. The Morgan fingerprint density at radius 2 is 1.71 bits per heavy atom. The third-order valence-corrected chi connectivity index (χ3v) is 3.75. The van der Waals surface area contributed by atoms with Crippen LogP contribution in [0.1, 0.15) is 5.56 Å². The first-order valence-corrected chi connectivity index (χ1v) is 8.19. The average molecular weight is 355 g/mol. The maximum Gasteiger partial charge on any atom is 0.442 e. The van der Waals surface area contributed by atoms with Crippen LogP contribution in [-0.4, -0.2) is 23.8 Å². The van der Waals surface area contributed by atoms with Crippen LogP contribution >= 0.6 is 11.8 Å². The molecule has 7 heteroatoms. The topological polar surface area (TPSA) is 38.3 Å². The molecule has 0 heterocycles. The predicted octanol–water partition coefficient (Wildman–Crippen LogP) is 4.50. The second kappa shape index (κ2) is 8.63. The van der Waals surface area contributed by atoms with Crippen molar-refractivity contribution in [2.75, 3.05) is 17.7 Å². The quantitative estimate of drug-likeness (QED) is 0.795. The summed E-state index contributed by atoms with van der Waals surface area (Å²) in [7, 11) is 0. The molecule has 0 radical (unpaired) electrons. The van der Waals surface area contributed by atoms with E-state index in [1.54, 1.807) is 24.3 Å². The lowest BCUT2D eigenvalue weighted by atomic mass is 10.2. The van der Waals surface area contributed by atoms with Gasteiger partial charge in [-0.1, -0.05) is 42.5 Å². The summed E-state index contributed by atoms with van der Waals surface area (Å²) in [4.78, 5) is 11.6. The molecule has 0 unspecified atom stereocenters. The molecule has 0 aliphatic rings. The standard InChI is InChI=1S/C17H16F3NO2S/c18-17(19,20)24-12-16(22)21-14-8-4-5-9-15(14)23-11-10-13-6-2-1-3-7-13/h1-9H,10-12H2,(H,21,22). The predicted molar refractivity (Wildman–Crippen MR) is 89.2 cm³/mol. The second-order valence-corrected chi connectivity index (χ2v) is 5.90. The summed E-state index contributed by atoms with van der Waals surface area (Å²) in [6.07, 6.45) is 0.688. The second-order valence-electron chi connectivity index (χ2n) is 4.86. The van der Waals surface area contributed by atoms with Crippen LogP contribution in [0, 0.1) is 0 Å². The number of alkyl halides is 3. The van der Waals surface area contributed by atoms with E-state index < -0.39 is 17.2 Å². The number of carbonyl (C=O) groups excluding carboxylic acids is 1. The number of halogens is 3. The normalized spacial score (nSPS) is 11.1. The number of benzene rings is 2. The molecule has 0 bridgehead atoms. The molecule has 128 valence electrons. The largest absolute Gasteiger partial charge is 0.491 e. The minimum Gasteiger partial charge on any atom is -0.491 e. The number of carbonyl (C=O) groups is 1. The lowest BCUT2D eigenvalue weighted by Gasteiger charge is -2.13. The minimum absolute atomic E-state index is 0.360. The van der Waals surface area contributed by atoms with Gasteiger partial charge in [-0.3, -0.25) is 4.79 Å². The van der Waals surface area contributed by atoms with Crippen LogP contribution in [0.2, 0.25) is 0 Å². The monoisotopic (exact) mass is 355 g/mol. The Labute approximate surface area is 142 Å². The Bertz CT molecular complexity index is 662. The van der Waals surface area contributed by atoms with Crippen molar-refractivity contribution < 1.29 is 22.7 Å². The van der Waals surface area contributed by atoms with Gasteiger partial charge in [0.15, 0.2) is 0 Å². The van der Waals surface area contributed by atoms with Crippen LogP contribution < -0.4 is 10.1 Å². The summed E-state index contributed by atoms with van der Waals surface area (Å²) in [5, 5.41) is 2.45. The molecule has 3 nitrogen and oxygen atoms in total. The van der Waals surface area contributed by atoms with E-state index in [1.807, 2.05) is 30.3 Å². The van der Waals surface area contributed by atoms with E-state index in [9.17, 15) is 18.0 Å². The van der Waals surface area contributed by atoms with Gasteiger partial charge in [0.25, 0.3) is 0 Å². The lowest BCUT2D eigenvalue weighted by Crippen LogP contribution is -2.17. The number of rotatable bonds is 7. The van der Waals surface area contributed by atoms with Crippen LogP contribution in [0.5, 0.6) is 5.75 Å². The fourth-order valence-electron chi connectivity index (χ4n) is 1.95. The minimum atomic E-state index is -4.43. The maximum absolute atomic E-state index is 12.1. The Balaban J connectivity index is 1.88. The van der Waals surface area contributed by atoms with Gasteiger partial charge in [-0.2, -0.15) is 13.2 Å². The number of hydrogen-bond acceptors (Lipinski definition) is 3. The van der Waals surface area contributed by atoms with E-state index in [0.29, 0.717) is 24.5 Å². The van der Waals surface area contributed by atoms with Gasteiger partial charge in [-0.15, -0.1) is 0 Å². The smallest absolute Gasteiger partial charge is 0.442 e. The van der Waals surface area contributed by atoms with E-state index >= 15 is 0 Å². The van der Waals surface area contributed by atoms with Crippen molar-refractivity contribution in [1.29, 1.82) is 0 Å². The first-order chi connectivity index (χ1) is 11.4. The molecule has 24 heavy (non-hydrogen) atoms. The average Bonchev–Trinajstić information content (AvgIpc) is 2.55. The van der Waals surface area contributed by atoms with Gasteiger partial charge in [-0.05, 0) is 29.5 Å². The van der Waals surface area contributed by atoms with E-state index in [-0.39, 0.29) is 11.8 Å². The van der Waals surface area contributed by atoms with E-state index in [4.69, 9.17) is 4.74 Å². The number of ether oxygens (including phenoxy) is 1. The van der Waals surface area contributed by atoms with Crippen molar-refractivity contribution in [2.24, 2.45) is 0 Å². The zero-order valence-corrected chi connectivity index (χ0v) is 13.5. The number of hydrogen-bond donors (Lipinski definition) is 1. The number of para-hydroxylation sites is 2. The Hall–Kier alpha value is -2.15. The third-order valence-electron chi connectivity index (χ3n) is 3.02. The van der Waals surface area contributed by atoms with Crippen molar-refractivity contribution in [1.82, 2.24) is 0 Å². The molecule has 0 aromatic heterocycles. The summed E-state index contributed by atoms with van der Waals surface area (Å²) in [5.74, 6) is -0.989. The number of anilines is 1. The lowest BCUT2D eigenvalue weighted by molar-refractivity contribution is -0.114. The highest BCUT2D eigenvalue weighted by Gasteiger charge is 2.29. The molecule has 1 N–H and O–H groups in total. The van der Waals surface area contributed by atoms with Crippen LogP contribution in [0.25, 0.3) is 0 Å². The van der Waals surface area contributed by atoms with Crippen LogP contribution in [0.3, 0.4) is 0 Å². The SMILES string of the molecule is O=C(CSC(F)(F)F)Nc1ccccc1OCCc1ccccc1. The van der Waals surface area contributed by atoms with E-state index in [2.05, 4.69) is 5.32 Å². The molecule has 0 aliphatic carbocycles. The number of thioether (sulfide) groups is 1. The highest BCUT2D eigenvalue weighted by molar-refractivity contribution is 8.00. The van der Waals surface area contributed by atoms with Gasteiger partial charge in [0.2, 0.25) is 5.91 Å². The molecule has 0 aliphatic heterocycles. The van der Waals surface area contributed by atoms with Crippen LogP contribution in [0.15, 0.2) is 54.6 Å². The summed E-state index contributed by atoms with van der Waals surface area (Å²) < 4.78 is 42.0. The summed E-state index contributed by atoms with van der Waals surface area (Å²) >= 11 is -0.371. The molecule has 0 spiro atoms. The highest BCUT2D eigenvalue weighted by atomic mass is 32.2. The van der Waals surface area contributed by atoms with Crippen molar-refractivity contribution in [3.63, 3.8) is 0 Å². The molecule has 1 amide bonds. The van der Waals surface area contributed by atoms with Crippen molar-refractivity contribution in [3.05, 3.63) is 60.2 Å². The van der Waals surface area contributed by atoms with E-state index in [0.717, 1.165) is 5.56 Å². The number of amides is 1. The Morgan fingerprint density at radius 1 is 1.04 bits per heavy atom. The zero-order chi connectivity index (χ0) is 17.4. The Morgan fingerprint density at radius 3 is 2.42 bits per heavy atom. The molecule has 2 aromatic rings. The van der Waals surface area contributed by atoms with Gasteiger partial charge in [0.05, 0.1) is 18.0 Å². The fourth-order valence-corrected chi connectivity index (χ4v) is 2.32. The van der Waals surface area contributed by atoms with Gasteiger partial charge in [0, 0.05) is 6.42 Å². The fraction of sp³-hybridized carbons (Fsp3) is 0.235. The molecule has 0 atom stereocenters. The first-order valence-electron chi connectivity index (χ1n) is 7.20. The summed E-state index contributed by atoms with van der Waals surface area (Å²) in [6, 6.07) is 16.4. The van der Waals surface area contributed by atoms with E-state index in [1.165, 1.54) is 0 Å². The van der Waals surface area contributed by atoms with Crippen LogP contribution in [0.4, 0.5) is 18.9 Å². The molecular formula is C17H16F3NO2S. The van der Waals surface area contributed by atoms with Crippen LogP contribution in [-0.2, 0) is 11.2 Å². The van der Waals surface area contributed by atoms with Gasteiger partial charge < -0.3 is 10.1 Å². The molecule has 0 saturated carbocycles. The van der Waals surface area contributed by atoms with Crippen molar-refractivity contribution in [2.45, 2.75) is 11.9 Å². The third kappa shape index (κ3) is 6.54. The van der Waals surface area contributed by atoms with Crippen molar-refractivity contribution >= 4 is 23.4 Å². The maximum atomic E-state index is 12.1. The molecular weight excluding hydrogens is 339 g/mol. The Kier molecular flexibility index (Phi) is 6.54.